The number of benzene rings is 1. The molecular formula is C23H33N3O4. The van der Waals surface area contributed by atoms with Gasteiger partial charge < -0.3 is 19.3 Å². The number of Topliss-reactive ketones (excluding diaryl/α,β-unsaturated/α-hetero) is 1. The standard InChI is InChI=1S/C23H33N3O4/c1-3-22-24-23(30-25-22)26-12-10-18(11-13-26)6-5-15-29-19-8-9-20(17(2)16-19)21(28)7-4-14-27/h8-9,16,18,27H,3-7,10-15H2,1-2H3. The summed E-state index contributed by atoms with van der Waals surface area (Å²) in [6.07, 6.45) is 6.10. The Morgan fingerprint density at radius 2 is 2.10 bits per heavy atom. The SMILES string of the molecule is CCc1noc(N2CCC(CCCOc3ccc(C(=O)CCCO)c(C)c3)CC2)n1. The van der Waals surface area contributed by atoms with Crippen LogP contribution in [-0.4, -0.2) is 47.3 Å². The third-order valence-corrected chi connectivity index (χ3v) is 5.74. The molecule has 0 spiro atoms. The number of carbonyl (C=O) groups excluding carboxylic acids is 1. The van der Waals surface area contributed by atoms with Crippen LogP contribution in [-0.2, 0) is 6.42 Å². The van der Waals surface area contributed by atoms with Gasteiger partial charge in [0, 0.05) is 38.1 Å². The highest BCUT2D eigenvalue weighted by molar-refractivity contribution is 5.97. The van der Waals surface area contributed by atoms with Crippen molar-refractivity contribution in [1.82, 2.24) is 10.1 Å². The lowest BCUT2D eigenvalue weighted by molar-refractivity contribution is 0.0970. The molecule has 3 rings (SSSR count). The number of ether oxygens (including phenoxy) is 1. The van der Waals surface area contributed by atoms with Crippen molar-refractivity contribution in [3.63, 3.8) is 0 Å². The van der Waals surface area contributed by atoms with Crippen LogP contribution in [0.4, 0.5) is 6.01 Å². The average Bonchev–Trinajstić information content (AvgIpc) is 3.25. The van der Waals surface area contributed by atoms with E-state index in [2.05, 4.69) is 15.0 Å². The zero-order valence-electron chi connectivity index (χ0n) is 18.1. The largest absolute Gasteiger partial charge is 0.494 e. The Bertz CT molecular complexity index is 813. The molecule has 0 aliphatic carbocycles. The van der Waals surface area contributed by atoms with Crippen LogP contribution in [0.5, 0.6) is 5.75 Å². The summed E-state index contributed by atoms with van der Waals surface area (Å²) in [6.45, 7) is 6.60. The highest BCUT2D eigenvalue weighted by Crippen LogP contribution is 2.25. The van der Waals surface area contributed by atoms with Gasteiger partial charge in [-0.25, -0.2) is 0 Å². The number of aromatic nitrogens is 2. The summed E-state index contributed by atoms with van der Waals surface area (Å²) in [5.41, 5.74) is 1.64. The molecule has 1 saturated heterocycles. The molecular weight excluding hydrogens is 382 g/mol. The van der Waals surface area contributed by atoms with Crippen LogP contribution in [0.1, 0.15) is 67.2 Å². The molecule has 0 atom stereocenters. The van der Waals surface area contributed by atoms with Gasteiger partial charge in [0.25, 0.3) is 0 Å². The molecule has 1 N–H and O–H groups in total. The zero-order valence-corrected chi connectivity index (χ0v) is 18.1. The first kappa shape index (κ1) is 22.3. The van der Waals surface area contributed by atoms with E-state index in [0.29, 0.717) is 31.4 Å². The Kier molecular flexibility index (Phi) is 8.25. The zero-order chi connectivity index (χ0) is 21.3. The number of hydrogen-bond donors (Lipinski definition) is 1. The van der Waals surface area contributed by atoms with Crippen molar-refractivity contribution in [2.45, 2.75) is 58.8 Å². The highest BCUT2D eigenvalue weighted by Gasteiger charge is 2.22. The van der Waals surface area contributed by atoms with E-state index < -0.39 is 0 Å². The molecule has 7 nitrogen and oxygen atoms in total. The third-order valence-electron chi connectivity index (χ3n) is 5.74. The van der Waals surface area contributed by atoms with Gasteiger partial charge in [-0.1, -0.05) is 12.1 Å². The summed E-state index contributed by atoms with van der Waals surface area (Å²) < 4.78 is 11.2. The summed E-state index contributed by atoms with van der Waals surface area (Å²) in [5, 5.41) is 12.9. The van der Waals surface area contributed by atoms with Crippen molar-refractivity contribution in [2.75, 3.05) is 31.2 Å². The van der Waals surface area contributed by atoms with Crippen molar-refractivity contribution in [1.29, 1.82) is 0 Å². The molecule has 1 aromatic carbocycles. The normalized spacial score (nSPS) is 14.8. The molecule has 7 heteroatoms. The number of hydrogen-bond acceptors (Lipinski definition) is 7. The van der Waals surface area contributed by atoms with Crippen molar-refractivity contribution >= 4 is 11.8 Å². The Morgan fingerprint density at radius 1 is 1.30 bits per heavy atom. The van der Waals surface area contributed by atoms with Gasteiger partial charge in [-0.3, -0.25) is 4.79 Å². The minimum atomic E-state index is 0.0434. The number of nitrogens with zero attached hydrogens (tertiary/aromatic N) is 3. The Hall–Kier alpha value is -2.41. The second-order valence-electron chi connectivity index (χ2n) is 7.99. The molecule has 1 fully saturated rings. The number of rotatable bonds is 11. The quantitative estimate of drug-likeness (QED) is 0.439. The van der Waals surface area contributed by atoms with E-state index in [9.17, 15) is 4.79 Å². The fraction of sp³-hybridized carbons (Fsp3) is 0.609. The molecule has 2 aromatic rings. The van der Waals surface area contributed by atoms with Gasteiger partial charge in [-0.05, 0) is 68.7 Å². The Labute approximate surface area is 178 Å². The molecule has 0 unspecified atom stereocenters. The lowest BCUT2D eigenvalue weighted by Gasteiger charge is -2.30. The smallest absolute Gasteiger partial charge is 0.324 e. The number of carbonyl (C=O) groups is 1. The number of ketones is 1. The van der Waals surface area contributed by atoms with Crippen LogP contribution < -0.4 is 9.64 Å². The molecule has 0 bridgehead atoms. The van der Waals surface area contributed by atoms with Gasteiger partial charge in [-0.15, -0.1) is 0 Å². The van der Waals surface area contributed by atoms with Gasteiger partial charge in [0.1, 0.15) is 5.75 Å². The number of aryl methyl sites for hydroxylation is 2. The maximum atomic E-state index is 12.1. The van der Waals surface area contributed by atoms with Crippen LogP contribution in [0.3, 0.4) is 0 Å². The van der Waals surface area contributed by atoms with Crippen LogP contribution in [0.15, 0.2) is 22.7 Å². The Balaban J connectivity index is 1.36. The van der Waals surface area contributed by atoms with Crippen LogP contribution in [0.25, 0.3) is 0 Å². The summed E-state index contributed by atoms with van der Waals surface area (Å²) >= 11 is 0. The van der Waals surface area contributed by atoms with Crippen LogP contribution in [0.2, 0.25) is 0 Å². The number of aliphatic hydroxyl groups is 1. The first-order chi connectivity index (χ1) is 14.6. The number of piperidine rings is 1. The minimum absolute atomic E-state index is 0.0434. The summed E-state index contributed by atoms with van der Waals surface area (Å²) in [5.74, 6) is 2.35. The fourth-order valence-electron chi connectivity index (χ4n) is 3.90. The molecule has 0 saturated carbocycles. The molecule has 0 radical (unpaired) electrons. The van der Waals surface area contributed by atoms with Crippen molar-refractivity contribution in [2.24, 2.45) is 5.92 Å². The van der Waals surface area contributed by atoms with Crippen molar-refractivity contribution in [3.05, 3.63) is 35.2 Å². The van der Waals surface area contributed by atoms with Gasteiger partial charge >= 0.3 is 6.01 Å². The van der Waals surface area contributed by atoms with Crippen molar-refractivity contribution in [3.8, 4) is 5.75 Å². The summed E-state index contributed by atoms with van der Waals surface area (Å²) in [7, 11) is 0. The lowest BCUT2D eigenvalue weighted by atomic mass is 9.92. The van der Waals surface area contributed by atoms with E-state index in [1.165, 1.54) is 0 Å². The maximum absolute atomic E-state index is 12.1. The average molecular weight is 416 g/mol. The third kappa shape index (κ3) is 6.05. The van der Waals surface area contributed by atoms with E-state index in [-0.39, 0.29) is 12.4 Å². The van der Waals surface area contributed by atoms with Gasteiger partial charge in [0.2, 0.25) is 0 Å². The number of anilines is 1. The first-order valence-electron chi connectivity index (χ1n) is 11.1. The van der Waals surface area contributed by atoms with E-state index in [1.807, 2.05) is 32.0 Å². The molecule has 1 aliphatic rings. The Morgan fingerprint density at radius 3 is 2.77 bits per heavy atom. The van der Waals surface area contributed by atoms with E-state index in [4.69, 9.17) is 14.4 Å². The summed E-state index contributed by atoms with van der Waals surface area (Å²) in [6, 6.07) is 6.29. The molecule has 1 aliphatic heterocycles. The topological polar surface area (TPSA) is 88.7 Å². The van der Waals surface area contributed by atoms with Gasteiger partial charge in [0.15, 0.2) is 11.6 Å². The second kappa shape index (κ2) is 11.1. The van der Waals surface area contributed by atoms with Gasteiger partial charge in [-0.2, -0.15) is 4.98 Å². The van der Waals surface area contributed by atoms with Crippen LogP contribution >= 0.6 is 0 Å². The van der Waals surface area contributed by atoms with Crippen molar-refractivity contribution < 1.29 is 19.2 Å². The predicted octanol–water partition coefficient (Wildman–Crippen LogP) is 3.97. The van der Waals surface area contributed by atoms with E-state index >= 15 is 0 Å². The van der Waals surface area contributed by atoms with E-state index in [0.717, 1.165) is 67.9 Å². The highest BCUT2D eigenvalue weighted by atomic mass is 16.5. The molecule has 1 aromatic heterocycles. The van der Waals surface area contributed by atoms with Gasteiger partial charge in [0.05, 0.1) is 6.61 Å². The molecule has 0 amide bonds. The maximum Gasteiger partial charge on any atom is 0.324 e. The molecule has 30 heavy (non-hydrogen) atoms. The first-order valence-corrected chi connectivity index (χ1v) is 11.1. The number of aliphatic hydroxyl groups excluding tert-OH is 1. The molecule has 164 valence electrons. The lowest BCUT2D eigenvalue weighted by Crippen LogP contribution is -2.34. The minimum Gasteiger partial charge on any atom is -0.494 e. The van der Waals surface area contributed by atoms with Crippen LogP contribution in [0, 0.1) is 12.8 Å². The second-order valence-corrected chi connectivity index (χ2v) is 7.99. The summed E-state index contributed by atoms with van der Waals surface area (Å²) in [4.78, 5) is 18.7. The monoisotopic (exact) mass is 415 g/mol. The molecule has 2 heterocycles. The fourth-order valence-corrected chi connectivity index (χ4v) is 3.90. The predicted molar refractivity (Wildman–Crippen MR) is 115 cm³/mol. The van der Waals surface area contributed by atoms with E-state index in [1.54, 1.807) is 0 Å².